The fourth-order valence-corrected chi connectivity index (χ4v) is 4.31. The van der Waals surface area contributed by atoms with Crippen LogP contribution in [-0.2, 0) is 0 Å². The molecular weight excluding hydrogens is 460 g/mol. The highest BCUT2D eigenvalue weighted by Gasteiger charge is 2.23. The molecule has 2 aromatic carbocycles. The van der Waals surface area contributed by atoms with Crippen LogP contribution in [0.1, 0.15) is 16.8 Å². The van der Waals surface area contributed by atoms with Crippen molar-refractivity contribution in [2.24, 2.45) is 0 Å². The Kier molecular flexibility index (Phi) is 8.37. The third kappa shape index (κ3) is 5.29. The lowest BCUT2D eigenvalue weighted by atomic mass is 10.2. The zero-order chi connectivity index (χ0) is 19.6. The van der Waals surface area contributed by atoms with Gasteiger partial charge in [0.05, 0.1) is 20.3 Å². The summed E-state index contributed by atoms with van der Waals surface area (Å²) in [6.07, 6.45) is 0.792. The van der Waals surface area contributed by atoms with E-state index < -0.39 is 0 Å². The quantitative estimate of drug-likeness (QED) is 0.418. The number of nitrogens with zero attached hydrogens (tertiary/aromatic N) is 3. The van der Waals surface area contributed by atoms with Crippen molar-refractivity contribution in [1.29, 1.82) is 0 Å². The molecule has 0 saturated carbocycles. The smallest absolute Gasteiger partial charge is 0.261 e. The summed E-state index contributed by atoms with van der Waals surface area (Å²) in [7, 11) is 3.99. The number of carbonyl (C=O) groups is 1. The molecule has 0 saturated heterocycles. The summed E-state index contributed by atoms with van der Waals surface area (Å²) in [6.45, 7) is 1.36. The van der Waals surface area contributed by atoms with Crippen molar-refractivity contribution in [1.82, 2.24) is 9.88 Å². The summed E-state index contributed by atoms with van der Waals surface area (Å²) in [5.41, 5.74) is 1.06. The minimum absolute atomic E-state index is 0. The fourth-order valence-electron chi connectivity index (χ4n) is 2.65. The van der Waals surface area contributed by atoms with Crippen molar-refractivity contribution < 1.29 is 4.79 Å². The van der Waals surface area contributed by atoms with Gasteiger partial charge in [-0.3, -0.25) is 9.69 Å². The maximum Gasteiger partial charge on any atom is 0.261 e. The number of hydrogen-bond acceptors (Lipinski definition) is 4. The first kappa shape index (κ1) is 23.2. The van der Waals surface area contributed by atoms with E-state index in [2.05, 4.69) is 9.88 Å². The largest absolute Gasteiger partial charge is 0.309 e. The van der Waals surface area contributed by atoms with Crippen LogP contribution in [0, 0.1) is 0 Å². The van der Waals surface area contributed by atoms with Gasteiger partial charge in [-0.1, -0.05) is 52.2 Å². The molecule has 0 unspecified atom stereocenters. The topological polar surface area (TPSA) is 36.4 Å². The lowest BCUT2D eigenvalue weighted by Crippen LogP contribution is -2.33. The van der Waals surface area contributed by atoms with Crippen LogP contribution in [0.2, 0.25) is 15.1 Å². The minimum atomic E-state index is -0.226. The molecule has 0 atom stereocenters. The third-order valence-electron chi connectivity index (χ3n) is 3.98. The highest BCUT2D eigenvalue weighted by molar-refractivity contribution is 7.22. The zero-order valence-corrected chi connectivity index (χ0v) is 19.2. The summed E-state index contributed by atoms with van der Waals surface area (Å²) < 4.78 is 0.931. The Morgan fingerprint density at radius 3 is 2.50 bits per heavy atom. The Morgan fingerprint density at radius 1 is 1.07 bits per heavy atom. The lowest BCUT2D eigenvalue weighted by Gasteiger charge is -2.21. The van der Waals surface area contributed by atoms with Crippen LogP contribution in [0.3, 0.4) is 0 Å². The van der Waals surface area contributed by atoms with Gasteiger partial charge in [-0.25, -0.2) is 4.98 Å². The molecule has 1 aromatic heterocycles. The molecule has 0 radical (unpaired) electrons. The molecule has 28 heavy (non-hydrogen) atoms. The molecule has 0 aliphatic rings. The molecule has 1 amide bonds. The maximum absolute atomic E-state index is 13.3. The second kappa shape index (κ2) is 10.1. The van der Waals surface area contributed by atoms with E-state index in [0.29, 0.717) is 37.8 Å². The molecule has 9 heteroatoms. The van der Waals surface area contributed by atoms with Gasteiger partial charge < -0.3 is 4.90 Å². The van der Waals surface area contributed by atoms with Crippen LogP contribution in [-0.4, -0.2) is 43.0 Å². The number of anilines is 1. The maximum atomic E-state index is 13.3. The molecule has 0 spiro atoms. The monoisotopic (exact) mass is 477 g/mol. The zero-order valence-electron chi connectivity index (χ0n) is 15.3. The Labute approximate surface area is 189 Å². The number of hydrogen-bond donors (Lipinski definition) is 0. The second-order valence-electron chi connectivity index (χ2n) is 6.32. The number of fused-ring (bicyclic) bond motifs is 1. The van der Waals surface area contributed by atoms with E-state index in [9.17, 15) is 4.79 Å². The van der Waals surface area contributed by atoms with E-state index in [-0.39, 0.29) is 18.3 Å². The van der Waals surface area contributed by atoms with E-state index >= 15 is 0 Å². The van der Waals surface area contributed by atoms with E-state index in [1.165, 1.54) is 11.3 Å². The van der Waals surface area contributed by atoms with Crippen LogP contribution in [0.4, 0.5) is 5.13 Å². The molecule has 4 nitrogen and oxygen atoms in total. The van der Waals surface area contributed by atoms with Gasteiger partial charge in [0.15, 0.2) is 5.13 Å². The summed E-state index contributed by atoms with van der Waals surface area (Å²) in [5, 5.41) is 1.99. The first-order chi connectivity index (χ1) is 12.9. The van der Waals surface area contributed by atoms with Gasteiger partial charge in [-0.2, -0.15) is 0 Å². The van der Waals surface area contributed by atoms with Crippen molar-refractivity contribution in [2.75, 3.05) is 32.1 Å². The fraction of sp³-hybridized carbons (Fsp3) is 0.263. The van der Waals surface area contributed by atoms with Crippen molar-refractivity contribution >= 4 is 79.8 Å². The molecule has 1 heterocycles. The average molecular weight is 479 g/mol. The Bertz CT molecular complexity index is 977. The lowest BCUT2D eigenvalue weighted by molar-refractivity contribution is 0.0986. The van der Waals surface area contributed by atoms with Gasteiger partial charge in [-0.15, -0.1) is 12.4 Å². The normalized spacial score (nSPS) is 10.9. The van der Waals surface area contributed by atoms with Crippen molar-refractivity contribution in [2.45, 2.75) is 6.42 Å². The molecule has 150 valence electrons. The highest BCUT2D eigenvalue weighted by Crippen LogP contribution is 2.34. The summed E-state index contributed by atoms with van der Waals surface area (Å²) >= 11 is 20.0. The number of carbonyl (C=O) groups excluding carboxylic acids is 1. The van der Waals surface area contributed by atoms with Gasteiger partial charge in [0.25, 0.3) is 5.91 Å². The van der Waals surface area contributed by atoms with Crippen LogP contribution >= 0.6 is 58.5 Å². The van der Waals surface area contributed by atoms with Gasteiger partial charge in [0.1, 0.15) is 5.52 Å². The van der Waals surface area contributed by atoms with Gasteiger partial charge in [-0.05, 0) is 57.4 Å². The van der Waals surface area contributed by atoms with Crippen LogP contribution < -0.4 is 4.90 Å². The van der Waals surface area contributed by atoms with Gasteiger partial charge in [0.2, 0.25) is 0 Å². The van der Waals surface area contributed by atoms with Gasteiger partial charge >= 0.3 is 0 Å². The van der Waals surface area contributed by atoms with Gasteiger partial charge in [0, 0.05) is 11.6 Å². The first-order valence-corrected chi connectivity index (χ1v) is 10.3. The van der Waals surface area contributed by atoms with E-state index in [4.69, 9.17) is 34.8 Å². The number of halogens is 4. The van der Waals surface area contributed by atoms with Crippen LogP contribution in [0.15, 0.2) is 36.4 Å². The number of rotatable bonds is 6. The summed E-state index contributed by atoms with van der Waals surface area (Å²) in [5.74, 6) is -0.226. The highest BCUT2D eigenvalue weighted by atomic mass is 35.5. The predicted octanol–water partition coefficient (Wildman–Crippen LogP) is 6.28. The van der Waals surface area contributed by atoms with Crippen molar-refractivity contribution in [3.8, 4) is 0 Å². The number of thiazole rings is 1. The molecule has 0 aliphatic carbocycles. The standard InChI is InChI=1S/C19H18Cl3N3OS.ClH/c1-24(2)9-4-10-25(18(26)13-11-12(20)7-8-14(13)21)19-23-17-15(22)5-3-6-16(17)27-19;/h3,5-8,11H,4,9-10H2,1-2H3;1H. The minimum Gasteiger partial charge on any atom is -0.309 e. The molecule has 0 fully saturated rings. The number of benzene rings is 2. The predicted molar refractivity (Wildman–Crippen MR) is 123 cm³/mol. The Morgan fingerprint density at radius 2 is 1.82 bits per heavy atom. The number of aromatic nitrogens is 1. The molecule has 0 aliphatic heterocycles. The molecule has 0 bridgehead atoms. The first-order valence-electron chi connectivity index (χ1n) is 8.33. The van der Waals surface area contributed by atoms with E-state index in [1.807, 2.05) is 26.2 Å². The van der Waals surface area contributed by atoms with Crippen LogP contribution in [0.5, 0.6) is 0 Å². The third-order valence-corrected chi connectivity index (χ3v) is 5.89. The molecule has 3 aromatic rings. The van der Waals surface area contributed by atoms with E-state index in [1.54, 1.807) is 29.2 Å². The Balaban J connectivity index is 0.00000280. The molecular formula is C19H19Cl4N3OS. The summed E-state index contributed by atoms with van der Waals surface area (Å²) in [4.78, 5) is 21.6. The molecule has 3 rings (SSSR count). The summed E-state index contributed by atoms with van der Waals surface area (Å²) in [6, 6.07) is 10.5. The SMILES string of the molecule is CN(C)CCCN(C(=O)c1cc(Cl)ccc1Cl)c1nc2c(Cl)cccc2s1.Cl. The average Bonchev–Trinajstić information content (AvgIpc) is 3.05. The van der Waals surface area contributed by atoms with Crippen molar-refractivity contribution in [3.05, 3.63) is 57.0 Å². The van der Waals surface area contributed by atoms with E-state index in [0.717, 1.165) is 17.7 Å². The molecule has 0 N–H and O–H groups in total. The number of amides is 1. The Hall–Kier alpha value is -1.08. The van der Waals surface area contributed by atoms with Crippen LogP contribution in [0.25, 0.3) is 10.2 Å². The van der Waals surface area contributed by atoms with Crippen molar-refractivity contribution in [3.63, 3.8) is 0 Å². The second-order valence-corrected chi connectivity index (χ2v) is 8.58. The number of para-hydroxylation sites is 1.